The third-order valence-electron chi connectivity index (χ3n) is 5.10. The molecule has 32 heavy (non-hydrogen) atoms. The standard InChI is InChI=1S/C21H19N3O7S/c1-30-21(29)17-13-7-4-8-14(13)32-19(17)22-15(25)10-31-16(26)9-24-20(28)12-6-3-2-5-11(12)18(27)23-24/h2-3,5-6H,4,7-10H2,1H3,(H,22,25)(H,23,27). The summed E-state index contributed by atoms with van der Waals surface area (Å²) in [5.74, 6) is -2.05. The van der Waals surface area contributed by atoms with Crippen LogP contribution in [-0.2, 0) is 38.4 Å². The fourth-order valence-corrected chi connectivity index (χ4v) is 4.95. The van der Waals surface area contributed by atoms with E-state index in [1.54, 1.807) is 12.1 Å². The molecule has 11 heteroatoms. The summed E-state index contributed by atoms with van der Waals surface area (Å²) in [5.41, 5.74) is 0.142. The molecule has 0 unspecified atom stereocenters. The summed E-state index contributed by atoms with van der Waals surface area (Å²) in [7, 11) is 1.27. The smallest absolute Gasteiger partial charge is 0.341 e. The number of methoxy groups -OCH3 is 1. The van der Waals surface area contributed by atoms with Crippen LogP contribution in [0.25, 0.3) is 10.8 Å². The molecule has 1 amide bonds. The van der Waals surface area contributed by atoms with E-state index in [9.17, 15) is 24.0 Å². The fourth-order valence-electron chi connectivity index (χ4n) is 3.65. The third-order valence-corrected chi connectivity index (χ3v) is 6.31. The molecule has 4 rings (SSSR count). The van der Waals surface area contributed by atoms with Crippen molar-refractivity contribution >= 4 is 45.0 Å². The first-order valence-corrected chi connectivity index (χ1v) is 10.6. The number of thiophene rings is 1. The van der Waals surface area contributed by atoms with Gasteiger partial charge in [-0.05, 0) is 37.0 Å². The van der Waals surface area contributed by atoms with Crippen LogP contribution >= 0.6 is 11.3 Å². The number of esters is 2. The second-order valence-electron chi connectivity index (χ2n) is 7.14. The van der Waals surface area contributed by atoms with Crippen molar-refractivity contribution in [2.45, 2.75) is 25.8 Å². The van der Waals surface area contributed by atoms with Crippen LogP contribution in [0.4, 0.5) is 5.00 Å². The van der Waals surface area contributed by atoms with Gasteiger partial charge in [0.05, 0.1) is 23.4 Å². The highest BCUT2D eigenvalue weighted by Crippen LogP contribution is 2.39. The molecule has 0 aliphatic heterocycles. The highest BCUT2D eigenvalue weighted by Gasteiger charge is 2.28. The molecule has 0 spiro atoms. The number of aryl methyl sites for hydroxylation is 1. The van der Waals surface area contributed by atoms with E-state index >= 15 is 0 Å². The molecular weight excluding hydrogens is 438 g/mol. The Morgan fingerprint density at radius 2 is 1.91 bits per heavy atom. The van der Waals surface area contributed by atoms with Crippen molar-refractivity contribution in [3.8, 4) is 0 Å². The Morgan fingerprint density at radius 3 is 2.66 bits per heavy atom. The quantitative estimate of drug-likeness (QED) is 0.531. The highest BCUT2D eigenvalue weighted by molar-refractivity contribution is 7.17. The molecule has 1 aliphatic rings. The Morgan fingerprint density at radius 1 is 1.16 bits per heavy atom. The average molecular weight is 457 g/mol. The first kappa shape index (κ1) is 21.5. The summed E-state index contributed by atoms with van der Waals surface area (Å²) in [6.45, 7) is -1.18. The van der Waals surface area contributed by atoms with Gasteiger partial charge in [-0.3, -0.25) is 24.3 Å². The molecule has 2 aromatic heterocycles. The van der Waals surface area contributed by atoms with E-state index in [1.807, 2.05) is 0 Å². The molecule has 2 heterocycles. The van der Waals surface area contributed by atoms with Crippen molar-refractivity contribution in [3.05, 3.63) is 61.0 Å². The second-order valence-corrected chi connectivity index (χ2v) is 8.24. The van der Waals surface area contributed by atoms with Crippen LogP contribution in [-0.4, -0.2) is 41.3 Å². The molecule has 0 fully saturated rings. The first-order valence-electron chi connectivity index (χ1n) is 9.79. The van der Waals surface area contributed by atoms with Gasteiger partial charge in [-0.2, -0.15) is 0 Å². The maximum absolute atomic E-state index is 12.5. The number of anilines is 1. The van der Waals surface area contributed by atoms with Crippen LogP contribution in [0.1, 0.15) is 27.2 Å². The number of H-pyrrole nitrogens is 1. The van der Waals surface area contributed by atoms with Crippen LogP contribution in [0.15, 0.2) is 33.9 Å². The molecule has 2 N–H and O–H groups in total. The maximum atomic E-state index is 12.5. The van der Waals surface area contributed by atoms with Crippen LogP contribution < -0.4 is 16.4 Å². The molecule has 0 saturated heterocycles. The highest BCUT2D eigenvalue weighted by atomic mass is 32.1. The van der Waals surface area contributed by atoms with Crippen molar-refractivity contribution in [2.24, 2.45) is 0 Å². The number of rotatable bonds is 6. The number of fused-ring (bicyclic) bond motifs is 2. The zero-order valence-corrected chi connectivity index (χ0v) is 17.9. The Kier molecular flexibility index (Phi) is 5.91. The van der Waals surface area contributed by atoms with Gasteiger partial charge < -0.3 is 14.8 Å². The van der Waals surface area contributed by atoms with Gasteiger partial charge >= 0.3 is 11.9 Å². The lowest BCUT2D eigenvalue weighted by Gasteiger charge is -2.09. The SMILES string of the molecule is COC(=O)c1c(NC(=O)COC(=O)Cn2[nH]c(=O)c3ccccc3c2=O)sc2c1CCC2. The minimum atomic E-state index is -0.880. The Balaban J connectivity index is 1.42. The molecule has 10 nitrogen and oxygen atoms in total. The molecular formula is C21H19N3O7S. The van der Waals surface area contributed by atoms with Gasteiger partial charge in [-0.1, -0.05) is 12.1 Å². The van der Waals surface area contributed by atoms with Gasteiger partial charge in [-0.15, -0.1) is 11.3 Å². The molecule has 0 bridgehead atoms. The number of hydrogen-bond acceptors (Lipinski definition) is 8. The van der Waals surface area contributed by atoms with Gasteiger partial charge in [0.1, 0.15) is 11.5 Å². The van der Waals surface area contributed by atoms with Crippen LogP contribution in [0.5, 0.6) is 0 Å². The van der Waals surface area contributed by atoms with Gasteiger partial charge in [0.2, 0.25) is 0 Å². The van der Waals surface area contributed by atoms with Crippen LogP contribution in [0, 0.1) is 0 Å². The third kappa shape index (κ3) is 4.06. The number of carbonyl (C=O) groups is 3. The number of nitrogens with zero attached hydrogens (tertiary/aromatic N) is 1. The lowest BCUT2D eigenvalue weighted by molar-refractivity contribution is -0.148. The number of nitrogens with one attached hydrogen (secondary N) is 2. The number of amides is 1. The van der Waals surface area contributed by atoms with E-state index in [4.69, 9.17) is 9.47 Å². The molecule has 166 valence electrons. The summed E-state index contributed by atoms with van der Waals surface area (Å²) in [6, 6.07) is 6.23. The number of benzene rings is 1. The summed E-state index contributed by atoms with van der Waals surface area (Å²) in [5, 5.41) is 5.66. The van der Waals surface area contributed by atoms with E-state index in [2.05, 4.69) is 10.4 Å². The molecule has 0 saturated carbocycles. The topological polar surface area (TPSA) is 137 Å². The summed E-state index contributed by atoms with van der Waals surface area (Å²) >= 11 is 1.30. The minimum Gasteiger partial charge on any atom is -0.465 e. The van der Waals surface area contributed by atoms with Gasteiger partial charge in [0, 0.05) is 4.88 Å². The van der Waals surface area contributed by atoms with Crippen LogP contribution in [0.3, 0.4) is 0 Å². The largest absolute Gasteiger partial charge is 0.465 e. The predicted octanol–water partition coefficient (Wildman–Crippen LogP) is 1.21. The zero-order valence-electron chi connectivity index (χ0n) is 17.1. The number of carbonyl (C=O) groups excluding carboxylic acids is 3. The Bertz CT molecular complexity index is 1350. The van der Waals surface area contributed by atoms with Crippen molar-refractivity contribution in [1.82, 2.24) is 9.78 Å². The average Bonchev–Trinajstić information content (AvgIpc) is 3.36. The molecule has 3 aromatic rings. The van der Waals surface area contributed by atoms with E-state index in [0.29, 0.717) is 10.6 Å². The Hall–Kier alpha value is -3.73. The second kappa shape index (κ2) is 8.79. The normalized spacial score (nSPS) is 12.4. The van der Waals surface area contributed by atoms with E-state index in [0.717, 1.165) is 34.4 Å². The van der Waals surface area contributed by atoms with Gasteiger partial charge in [0.15, 0.2) is 6.61 Å². The van der Waals surface area contributed by atoms with Gasteiger partial charge in [0.25, 0.3) is 17.0 Å². The molecule has 0 radical (unpaired) electrons. The number of hydrogen-bond donors (Lipinski definition) is 2. The number of ether oxygens (including phenoxy) is 2. The summed E-state index contributed by atoms with van der Waals surface area (Å²) in [4.78, 5) is 62.2. The van der Waals surface area contributed by atoms with Gasteiger partial charge in [-0.25, -0.2) is 9.48 Å². The van der Waals surface area contributed by atoms with E-state index in [1.165, 1.54) is 30.6 Å². The monoisotopic (exact) mass is 457 g/mol. The summed E-state index contributed by atoms with van der Waals surface area (Å²) in [6.07, 6.45) is 2.50. The van der Waals surface area contributed by atoms with Crippen LogP contribution in [0.2, 0.25) is 0 Å². The molecule has 1 aliphatic carbocycles. The maximum Gasteiger partial charge on any atom is 0.341 e. The van der Waals surface area contributed by atoms with E-state index < -0.39 is 42.1 Å². The predicted molar refractivity (Wildman–Crippen MR) is 116 cm³/mol. The lowest BCUT2D eigenvalue weighted by Crippen LogP contribution is -2.33. The minimum absolute atomic E-state index is 0.169. The molecule has 0 atom stereocenters. The number of aromatic nitrogens is 2. The van der Waals surface area contributed by atoms with Crippen molar-refractivity contribution in [1.29, 1.82) is 0 Å². The fraction of sp³-hybridized carbons (Fsp3) is 0.286. The Labute approximate surface area is 184 Å². The lowest BCUT2D eigenvalue weighted by atomic mass is 10.1. The van der Waals surface area contributed by atoms with E-state index in [-0.39, 0.29) is 10.8 Å². The molecule has 1 aromatic carbocycles. The number of aromatic amines is 1. The van der Waals surface area contributed by atoms with Crippen molar-refractivity contribution in [2.75, 3.05) is 19.0 Å². The van der Waals surface area contributed by atoms with Crippen molar-refractivity contribution < 1.29 is 23.9 Å². The first-order chi connectivity index (χ1) is 15.4. The summed E-state index contributed by atoms with van der Waals surface area (Å²) < 4.78 is 10.6. The zero-order chi connectivity index (χ0) is 22.8. The van der Waals surface area contributed by atoms with Crippen molar-refractivity contribution in [3.63, 3.8) is 0 Å².